The molecule has 0 aliphatic carbocycles. The second-order valence-electron chi connectivity index (χ2n) is 5.00. The molecule has 0 heterocycles. The van der Waals surface area contributed by atoms with E-state index in [0.29, 0.717) is 16.5 Å². The van der Waals surface area contributed by atoms with Crippen LogP contribution in [0.3, 0.4) is 0 Å². The Hall–Kier alpha value is -3.68. The van der Waals surface area contributed by atoms with Crippen molar-refractivity contribution < 1.29 is 20.2 Å². The summed E-state index contributed by atoms with van der Waals surface area (Å²) in [5, 5.41) is 48.4. The monoisotopic (exact) mass is 325 g/mol. The minimum Gasteiger partial charge on any atom is -0.504 e. The van der Waals surface area contributed by atoms with Crippen LogP contribution in [0.5, 0.6) is 17.2 Å². The van der Waals surface area contributed by atoms with Gasteiger partial charge in [0.15, 0.2) is 17.2 Å². The number of nitrogens with zero attached hydrogens (tertiary/aromatic N) is 3. The Balaban J connectivity index is 1.94. The van der Waals surface area contributed by atoms with E-state index < -0.39 is 16.4 Å². The molecule has 120 valence electrons. The summed E-state index contributed by atoms with van der Waals surface area (Å²) in [6.45, 7) is 0. The summed E-state index contributed by atoms with van der Waals surface area (Å²) >= 11 is 0. The molecule has 8 heteroatoms. The van der Waals surface area contributed by atoms with Crippen LogP contribution in [0.25, 0.3) is 10.8 Å². The summed E-state index contributed by atoms with van der Waals surface area (Å²) in [7, 11) is 0. The van der Waals surface area contributed by atoms with Gasteiger partial charge in [-0.2, -0.15) is 10.2 Å². The van der Waals surface area contributed by atoms with Gasteiger partial charge in [0, 0.05) is 6.07 Å². The predicted molar refractivity (Wildman–Crippen MR) is 86.2 cm³/mol. The van der Waals surface area contributed by atoms with Crippen molar-refractivity contribution in [1.29, 1.82) is 0 Å². The molecule has 3 aromatic carbocycles. The van der Waals surface area contributed by atoms with E-state index in [4.69, 9.17) is 0 Å². The number of phenols is 3. The molecule has 24 heavy (non-hydrogen) atoms. The molecular weight excluding hydrogens is 314 g/mol. The van der Waals surface area contributed by atoms with Crippen LogP contribution in [0.15, 0.2) is 58.8 Å². The Morgan fingerprint density at radius 3 is 2.00 bits per heavy atom. The topological polar surface area (TPSA) is 129 Å². The summed E-state index contributed by atoms with van der Waals surface area (Å²) in [6, 6.07) is 11.5. The average Bonchev–Trinajstić information content (AvgIpc) is 2.55. The molecule has 0 aliphatic rings. The lowest BCUT2D eigenvalue weighted by molar-refractivity contribution is -0.385. The SMILES string of the molecule is O=[N+]([O-])c1cc(/N=N/c2ccc3cc(O)c(O)cc3c2)ccc1O. The van der Waals surface area contributed by atoms with Crippen LogP contribution in [0, 0.1) is 10.1 Å². The van der Waals surface area contributed by atoms with Crippen molar-refractivity contribution in [3.05, 3.63) is 58.6 Å². The zero-order chi connectivity index (χ0) is 17.3. The molecule has 0 bridgehead atoms. The number of azo groups is 1. The summed E-state index contributed by atoms with van der Waals surface area (Å²) in [4.78, 5) is 10.1. The van der Waals surface area contributed by atoms with E-state index in [1.54, 1.807) is 18.2 Å². The predicted octanol–water partition coefficient (Wildman–Crippen LogP) is 4.28. The van der Waals surface area contributed by atoms with Crippen LogP contribution in [-0.2, 0) is 0 Å². The third-order valence-electron chi connectivity index (χ3n) is 3.35. The van der Waals surface area contributed by atoms with Gasteiger partial charge in [0.25, 0.3) is 0 Å². The molecule has 0 atom stereocenters. The van der Waals surface area contributed by atoms with Crippen molar-refractivity contribution in [3.8, 4) is 17.2 Å². The minimum absolute atomic E-state index is 0.215. The molecule has 3 aromatic rings. The molecule has 3 N–H and O–H groups in total. The van der Waals surface area contributed by atoms with E-state index in [-0.39, 0.29) is 17.2 Å². The maximum Gasteiger partial charge on any atom is 0.312 e. The number of fused-ring (bicyclic) bond motifs is 1. The standard InChI is InChI=1S/C16H11N3O5/c20-14-4-3-12(8-13(14)19(23)24)18-17-11-2-1-9-6-15(21)16(22)7-10(9)5-11/h1-8,20-22H/b18-17+. The lowest BCUT2D eigenvalue weighted by Crippen LogP contribution is -1.87. The number of nitro groups is 1. The molecular formula is C16H11N3O5. The van der Waals surface area contributed by atoms with E-state index in [1.807, 2.05) is 0 Å². The van der Waals surface area contributed by atoms with Crippen molar-refractivity contribution in [2.75, 3.05) is 0 Å². The summed E-state index contributed by atoms with van der Waals surface area (Å²) in [5.41, 5.74) is 0.224. The van der Waals surface area contributed by atoms with Crippen molar-refractivity contribution in [2.45, 2.75) is 0 Å². The average molecular weight is 325 g/mol. The fourth-order valence-electron chi connectivity index (χ4n) is 2.16. The molecule has 0 radical (unpaired) electrons. The summed E-state index contributed by atoms with van der Waals surface area (Å²) in [6.07, 6.45) is 0. The number of hydrogen-bond acceptors (Lipinski definition) is 7. The highest BCUT2D eigenvalue weighted by Crippen LogP contribution is 2.33. The van der Waals surface area contributed by atoms with Gasteiger partial charge in [-0.15, -0.1) is 0 Å². The maximum absolute atomic E-state index is 10.8. The van der Waals surface area contributed by atoms with Crippen LogP contribution >= 0.6 is 0 Å². The van der Waals surface area contributed by atoms with Crippen LogP contribution in [-0.4, -0.2) is 20.2 Å². The van der Waals surface area contributed by atoms with E-state index in [0.717, 1.165) is 6.07 Å². The summed E-state index contributed by atoms with van der Waals surface area (Å²) in [5.74, 6) is -0.904. The van der Waals surface area contributed by atoms with Crippen molar-refractivity contribution in [3.63, 3.8) is 0 Å². The van der Waals surface area contributed by atoms with Gasteiger partial charge in [0.05, 0.1) is 16.3 Å². The first-order valence-electron chi connectivity index (χ1n) is 6.79. The van der Waals surface area contributed by atoms with E-state index in [2.05, 4.69) is 10.2 Å². The fraction of sp³-hybridized carbons (Fsp3) is 0. The quantitative estimate of drug-likeness (QED) is 0.286. The number of rotatable bonds is 3. The highest BCUT2D eigenvalue weighted by Gasteiger charge is 2.13. The number of benzene rings is 3. The van der Waals surface area contributed by atoms with Gasteiger partial charge >= 0.3 is 5.69 Å². The largest absolute Gasteiger partial charge is 0.504 e. The molecule has 0 fully saturated rings. The number of hydrogen-bond donors (Lipinski definition) is 3. The Labute approximate surface area is 135 Å². The fourth-order valence-corrected chi connectivity index (χ4v) is 2.16. The molecule has 8 nitrogen and oxygen atoms in total. The molecule has 0 aliphatic heterocycles. The molecule has 0 spiro atoms. The Bertz CT molecular complexity index is 985. The van der Waals surface area contributed by atoms with Crippen molar-refractivity contribution in [1.82, 2.24) is 0 Å². The third kappa shape index (κ3) is 2.93. The highest BCUT2D eigenvalue weighted by molar-refractivity contribution is 5.88. The Kier molecular flexibility index (Phi) is 3.70. The third-order valence-corrected chi connectivity index (χ3v) is 3.35. The van der Waals surface area contributed by atoms with Gasteiger partial charge in [-0.1, -0.05) is 6.07 Å². The van der Waals surface area contributed by atoms with Gasteiger partial charge in [0.2, 0.25) is 0 Å². The van der Waals surface area contributed by atoms with Crippen molar-refractivity contribution in [2.24, 2.45) is 10.2 Å². The van der Waals surface area contributed by atoms with Crippen LogP contribution in [0.2, 0.25) is 0 Å². The lowest BCUT2D eigenvalue weighted by atomic mass is 10.1. The number of aromatic hydroxyl groups is 3. The molecule has 0 aromatic heterocycles. The first-order valence-corrected chi connectivity index (χ1v) is 6.79. The molecule has 0 saturated carbocycles. The van der Waals surface area contributed by atoms with Gasteiger partial charge in [-0.05, 0) is 47.2 Å². The van der Waals surface area contributed by atoms with Crippen LogP contribution in [0.1, 0.15) is 0 Å². The number of nitro benzene ring substituents is 1. The second kappa shape index (κ2) is 5.84. The van der Waals surface area contributed by atoms with Gasteiger partial charge in [-0.25, -0.2) is 0 Å². The zero-order valence-electron chi connectivity index (χ0n) is 12.1. The summed E-state index contributed by atoms with van der Waals surface area (Å²) < 4.78 is 0. The normalized spacial score (nSPS) is 11.2. The van der Waals surface area contributed by atoms with Gasteiger partial charge in [-0.3, -0.25) is 10.1 Å². The minimum atomic E-state index is -0.709. The van der Waals surface area contributed by atoms with Gasteiger partial charge < -0.3 is 15.3 Å². The zero-order valence-corrected chi connectivity index (χ0v) is 12.1. The number of phenolic OH excluding ortho intramolecular Hbond substituents is 3. The van der Waals surface area contributed by atoms with E-state index in [9.17, 15) is 25.4 Å². The first kappa shape index (κ1) is 15.2. The molecule has 0 saturated heterocycles. The van der Waals surface area contributed by atoms with Crippen molar-refractivity contribution >= 4 is 27.8 Å². The van der Waals surface area contributed by atoms with E-state index in [1.165, 1.54) is 24.3 Å². The first-order chi connectivity index (χ1) is 11.4. The van der Waals surface area contributed by atoms with Crippen LogP contribution in [0.4, 0.5) is 17.1 Å². The van der Waals surface area contributed by atoms with E-state index >= 15 is 0 Å². The highest BCUT2D eigenvalue weighted by atomic mass is 16.6. The molecule has 0 unspecified atom stereocenters. The molecule has 3 rings (SSSR count). The molecule has 0 amide bonds. The second-order valence-corrected chi connectivity index (χ2v) is 5.00. The lowest BCUT2D eigenvalue weighted by Gasteiger charge is -2.02. The maximum atomic E-state index is 10.8. The Morgan fingerprint density at radius 1 is 0.750 bits per heavy atom. The smallest absolute Gasteiger partial charge is 0.312 e. The Morgan fingerprint density at radius 2 is 1.33 bits per heavy atom. The van der Waals surface area contributed by atoms with Gasteiger partial charge in [0.1, 0.15) is 0 Å². The van der Waals surface area contributed by atoms with Crippen LogP contribution < -0.4 is 0 Å².